The van der Waals surface area contributed by atoms with Gasteiger partial charge in [0.1, 0.15) is 9.39 Å². The van der Waals surface area contributed by atoms with Gasteiger partial charge in [-0.05, 0) is 29.5 Å². The Labute approximate surface area is 112 Å². The molecule has 0 bridgehead atoms. The maximum absolute atomic E-state index is 11.4. The van der Waals surface area contributed by atoms with Crippen molar-refractivity contribution in [1.82, 2.24) is 19.5 Å². The molecule has 7 heteroatoms. The summed E-state index contributed by atoms with van der Waals surface area (Å²) in [5.74, 6) is 0.613. The molecule has 90 valence electrons. The van der Waals surface area contributed by atoms with Crippen LogP contribution in [0.25, 0.3) is 0 Å². The Morgan fingerprint density at radius 1 is 1.65 bits per heavy atom. The van der Waals surface area contributed by atoms with Crippen LogP contribution in [0, 0.1) is 3.57 Å². The highest BCUT2D eigenvalue weighted by Gasteiger charge is 2.08. The smallest absolute Gasteiger partial charge is 0.266 e. The number of halogens is 1. The second-order valence-corrected chi connectivity index (χ2v) is 4.78. The second-order valence-electron chi connectivity index (χ2n) is 3.70. The minimum atomic E-state index is -0.127. The van der Waals surface area contributed by atoms with E-state index in [2.05, 4.69) is 20.3 Å². The van der Waals surface area contributed by atoms with Gasteiger partial charge in [-0.1, -0.05) is 0 Å². The third-order valence-corrected chi connectivity index (χ3v) is 3.22. The zero-order valence-corrected chi connectivity index (χ0v) is 11.4. The molecule has 0 saturated carbocycles. The van der Waals surface area contributed by atoms with E-state index in [1.807, 2.05) is 40.3 Å². The molecule has 0 fully saturated rings. The number of H-pyrrole nitrogens is 1. The van der Waals surface area contributed by atoms with Gasteiger partial charge in [-0.25, -0.2) is 9.97 Å². The van der Waals surface area contributed by atoms with E-state index >= 15 is 0 Å². The van der Waals surface area contributed by atoms with Gasteiger partial charge in [-0.2, -0.15) is 0 Å². The van der Waals surface area contributed by atoms with E-state index in [1.165, 1.54) is 6.33 Å². The Morgan fingerprint density at radius 3 is 3.18 bits per heavy atom. The van der Waals surface area contributed by atoms with Gasteiger partial charge in [0.25, 0.3) is 5.56 Å². The molecule has 2 rings (SSSR count). The molecular weight excluding hydrogens is 333 g/mol. The summed E-state index contributed by atoms with van der Waals surface area (Å²) < 4.78 is 2.54. The topological polar surface area (TPSA) is 75.6 Å². The minimum absolute atomic E-state index is 0.127. The van der Waals surface area contributed by atoms with Crippen LogP contribution in [0.2, 0.25) is 0 Å². The lowest BCUT2D eigenvalue weighted by Gasteiger charge is -2.15. The first kappa shape index (κ1) is 12.1. The molecule has 0 spiro atoms. The van der Waals surface area contributed by atoms with Crippen LogP contribution in [-0.2, 0) is 6.54 Å². The maximum atomic E-state index is 11.4. The van der Waals surface area contributed by atoms with Crippen LogP contribution in [0.1, 0.15) is 6.92 Å². The molecule has 1 atom stereocenters. The van der Waals surface area contributed by atoms with Crippen LogP contribution in [0.15, 0.2) is 29.8 Å². The molecule has 0 aliphatic heterocycles. The van der Waals surface area contributed by atoms with E-state index in [9.17, 15) is 4.79 Å². The van der Waals surface area contributed by atoms with Gasteiger partial charge < -0.3 is 14.9 Å². The second kappa shape index (κ2) is 5.30. The molecular formula is C10H12IN5O. The summed E-state index contributed by atoms with van der Waals surface area (Å²) >= 11 is 1.98. The van der Waals surface area contributed by atoms with E-state index in [4.69, 9.17) is 0 Å². The third-order valence-electron chi connectivity index (χ3n) is 2.22. The van der Waals surface area contributed by atoms with Crippen molar-refractivity contribution in [1.29, 1.82) is 0 Å². The van der Waals surface area contributed by atoms with Crippen LogP contribution >= 0.6 is 22.6 Å². The first-order valence-corrected chi connectivity index (χ1v) is 6.20. The number of nitrogens with zero attached hydrogens (tertiary/aromatic N) is 3. The molecule has 2 aromatic heterocycles. The van der Waals surface area contributed by atoms with Crippen molar-refractivity contribution in [2.45, 2.75) is 19.5 Å². The van der Waals surface area contributed by atoms with Gasteiger partial charge in [0.15, 0.2) is 0 Å². The molecule has 2 N–H and O–H groups in total. The van der Waals surface area contributed by atoms with Gasteiger partial charge in [-0.3, -0.25) is 4.79 Å². The van der Waals surface area contributed by atoms with Gasteiger partial charge >= 0.3 is 0 Å². The Balaban J connectivity index is 2.05. The average molecular weight is 345 g/mol. The van der Waals surface area contributed by atoms with Crippen LogP contribution in [0.3, 0.4) is 0 Å². The Bertz CT molecular complexity index is 536. The fourth-order valence-electron chi connectivity index (χ4n) is 1.47. The highest BCUT2D eigenvalue weighted by atomic mass is 127. The fourth-order valence-corrected chi connectivity index (χ4v) is 1.92. The molecule has 6 nitrogen and oxygen atoms in total. The average Bonchev–Trinajstić information content (AvgIpc) is 2.77. The largest absolute Gasteiger partial charge is 0.365 e. The third kappa shape index (κ3) is 3.05. The number of aromatic nitrogens is 4. The van der Waals surface area contributed by atoms with Crippen LogP contribution < -0.4 is 10.9 Å². The number of nitrogens with one attached hydrogen (secondary N) is 2. The molecule has 0 aromatic carbocycles. The first-order chi connectivity index (χ1) is 8.16. The van der Waals surface area contributed by atoms with Crippen LogP contribution in [-0.4, -0.2) is 25.6 Å². The van der Waals surface area contributed by atoms with Crippen LogP contribution in [0.4, 0.5) is 5.82 Å². The lowest BCUT2D eigenvalue weighted by Crippen LogP contribution is -2.24. The number of hydrogen-bond donors (Lipinski definition) is 2. The zero-order chi connectivity index (χ0) is 12.3. The molecule has 0 aliphatic carbocycles. The summed E-state index contributed by atoms with van der Waals surface area (Å²) in [4.78, 5) is 22.0. The van der Waals surface area contributed by atoms with E-state index in [0.717, 1.165) is 6.54 Å². The number of anilines is 1. The Kier molecular flexibility index (Phi) is 3.77. The van der Waals surface area contributed by atoms with Crippen molar-refractivity contribution in [2.24, 2.45) is 0 Å². The normalized spacial score (nSPS) is 12.4. The summed E-state index contributed by atoms with van der Waals surface area (Å²) in [6.07, 6.45) is 6.79. The summed E-state index contributed by atoms with van der Waals surface area (Å²) in [6, 6.07) is 0.159. The van der Waals surface area contributed by atoms with E-state index in [-0.39, 0.29) is 11.6 Å². The maximum Gasteiger partial charge on any atom is 0.266 e. The first-order valence-electron chi connectivity index (χ1n) is 5.12. The Hall–Kier alpha value is -1.38. The molecule has 17 heavy (non-hydrogen) atoms. The molecule has 2 aromatic rings. The number of hydrogen-bond acceptors (Lipinski definition) is 4. The number of rotatable bonds is 4. The lowest BCUT2D eigenvalue weighted by atomic mass is 10.3. The summed E-state index contributed by atoms with van der Waals surface area (Å²) in [5, 5.41) is 3.20. The number of aromatic amines is 1. The van der Waals surface area contributed by atoms with Crippen molar-refractivity contribution in [3.63, 3.8) is 0 Å². The predicted octanol–water partition coefficient (Wildman–Crippen LogP) is 1.07. The molecule has 0 radical (unpaired) electrons. The summed E-state index contributed by atoms with van der Waals surface area (Å²) in [6.45, 7) is 2.80. The SMILES string of the molecule is CC(Cn1ccnc1)Nc1nc[nH]c(=O)c1I. The van der Waals surface area contributed by atoms with E-state index in [1.54, 1.807) is 12.5 Å². The summed E-state index contributed by atoms with van der Waals surface area (Å²) in [5.41, 5.74) is -0.127. The van der Waals surface area contributed by atoms with Crippen LogP contribution in [0.5, 0.6) is 0 Å². The van der Waals surface area contributed by atoms with Gasteiger partial charge in [0.2, 0.25) is 0 Å². The quantitative estimate of drug-likeness (QED) is 0.813. The fraction of sp³-hybridized carbons (Fsp3) is 0.300. The van der Waals surface area contributed by atoms with Crippen molar-refractivity contribution in [3.05, 3.63) is 39.0 Å². The predicted molar refractivity (Wildman–Crippen MR) is 72.9 cm³/mol. The highest BCUT2D eigenvalue weighted by Crippen LogP contribution is 2.10. The minimum Gasteiger partial charge on any atom is -0.365 e. The molecule has 1 unspecified atom stereocenters. The van der Waals surface area contributed by atoms with E-state index in [0.29, 0.717) is 9.39 Å². The van der Waals surface area contributed by atoms with Gasteiger partial charge in [0.05, 0.1) is 12.7 Å². The van der Waals surface area contributed by atoms with E-state index < -0.39 is 0 Å². The monoisotopic (exact) mass is 345 g/mol. The van der Waals surface area contributed by atoms with Crippen molar-refractivity contribution < 1.29 is 0 Å². The van der Waals surface area contributed by atoms with Crippen molar-refractivity contribution >= 4 is 28.4 Å². The Morgan fingerprint density at radius 2 is 2.47 bits per heavy atom. The lowest BCUT2D eigenvalue weighted by molar-refractivity contribution is 0.616. The molecule has 0 amide bonds. The standard InChI is InChI=1S/C10H12IN5O/c1-7(4-16-3-2-12-6-16)15-9-8(11)10(17)14-5-13-9/h2-3,5-7H,4H2,1H3,(H2,13,14,15,17). The molecule has 2 heterocycles. The molecule has 0 aliphatic rings. The van der Waals surface area contributed by atoms with Crippen molar-refractivity contribution in [3.8, 4) is 0 Å². The van der Waals surface area contributed by atoms with Gasteiger partial charge in [0, 0.05) is 25.0 Å². The summed E-state index contributed by atoms with van der Waals surface area (Å²) in [7, 11) is 0. The highest BCUT2D eigenvalue weighted by molar-refractivity contribution is 14.1. The number of imidazole rings is 1. The zero-order valence-electron chi connectivity index (χ0n) is 9.22. The molecule has 0 saturated heterocycles. The van der Waals surface area contributed by atoms with Crippen molar-refractivity contribution in [2.75, 3.05) is 5.32 Å². The van der Waals surface area contributed by atoms with Gasteiger partial charge in [-0.15, -0.1) is 0 Å².